The van der Waals surface area contributed by atoms with Crippen molar-refractivity contribution < 1.29 is 10.0 Å². The topological polar surface area (TPSA) is 142 Å². The van der Waals surface area contributed by atoms with E-state index in [1.165, 1.54) is 24.8 Å². The number of H-pyrrole nitrogens is 1. The number of carbonyl (C=O) groups is 1. The third-order valence-electron chi connectivity index (χ3n) is 2.06. The van der Waals surface area contributed by atoms with E-state index in [2.05, 4.69) is 30.6 Å². The maximum atomic E-state index is 11.8. The van der Waals surface area contributed by atoms with Crippen LogP contribution in [0.3, 0.4) is 0 Å². The molecule has 2 aromatic rings. The van der Waals surface area contributed by atoms with Gasteiger partial charge in [0, 0.05) is 12.4 Å². The van der Waals surface area contributed by atoms with Crippen molar-refractivity contribution in [3.8, 4) is 0 Å². The first kappa shape index (κ1) is 11.5. The molecule has 1 amide bonds. The summed E-state index contributed by atoms with van der Waals surface area (Å²) in [6.45, 7) is 0. The molecule has 0 bridgehead atoms. The molecule has 0 aromatic carbocycles. The van der Waals surface area contributed by atoms with Crippen LogP contribution in [0.4, 0.5) is 5.82 Å². The van der Waals surface area contributed by atoms with Crippen molar-refractivity contribution >= 4 is 17.6 Å². The first-order valence-corrected chi connectivity index (χ1v) is 4.81. The second-order valence-electron chi connectivity index (χ2n) is 3.19. The molecule has 0 unspecified atom stereocenters. The molecule has 0 saturated carbocycles. The summed E-state index contributed by atoms with van der Waals surface area (Å²) in [4.78, 5) is 19.4. The number of amides is 1. The number of hydrogen-bond acceptors (Lipinski definition) is 6. The number of aromatic nitrogens is 4. The molecule has 18 heavy (non-hydrogen) atoms. The molecule has 0 aliphatic rings. The van der Waals surface area contributed by atoms with E-state index in [1.807, 2.05) is 0 Å². The molecule has 0 atom stereocenters. The predicted octanol–water partition coefficient (Wildman–Crippen LogP) is -0.454. The highest BCUT2D eigenvalue weighted by Crippen LogP contribution is 2.11. The zero-order valence-corrected chi connectivity index (χ0v) is 9.03. The van der Waals surface area contributed by atoms with Crippen molar-refractivity contribution in [2.45, 2.75) is 0 Å². The highest BCUT2D eigenvalue weighted by Gasteiger charge is 2.14. The third-order valence-corrected chi connectivity index (χ3v) is 2.06. The van der Waals surface area contributed by atoms with E-state index < -0.39 is 5.91 Å². The minimum Gasteiger partial charge on any atom is -0.409 e. The molecule has 5 N–H and O–H groups in total. The predicted molar refractivity (Wildman–Crippen MR) is 61.1 cm³/mol. The molecular formula is C9H9N7O2. The van der Waals surface area contributed by atoms with E-state index in [1.54, 1.807) is 0 Å². The van der Waals surface area contributed by atoms with E-state index in [9.17, 15) is 4.79 Å². The number of nitrogens with one attached hydrogen (secondary N) is 2. The molecule has 9 nitrogen and oxygen atoms in total. The lowest BCUT2D eigenvalue weighted by molar-refractivity contribution is 0.102. The van der Waals surface area contributed by atoms with Gasteiger partial charge in [0.05, 0.1) is 18.0 Å². The molecule has 9 heteroatoms. The summed E-state index contributed by atoms with van der Waals surface area (Å²) in [5, 5.41) is 20.1. The highest BCUT2D eigenvalue weighted by molar-refractivity contribution is 6.08. The Morgan fingerprint density at radius 2 is 2.28 bits per heavy atom. The summed E-state index contributed by atoms with van der Waals surface area (Å²) in [7, 11) is 0. The lowest BCUT2D eigenvalue weighted by atomic mass is 10.3. The van der Waals surface area contributed by atoms with Crippen LogP contribution in [0, 0.1) is 0 Å². The fourth-order valence-corrected chi connectivity index (χ4v) is 1.22. The van der Waals surface area contributed by atoms with E-state index in [0.717, 1.165) is 0 Å². The Bertz CT molecular complexity index is 578. The second kappa shape index (κ2) is 4.91. The van der Waals surface area contributed by atoms with Crippen molar-refractivity contribution in [2.24, 2.45) is 10.9 Å². The Kier molecular flexibility index (Phi) is 3.14. The van der Waals surface area contributed by atoms with Crippen LogP contribution in [0.25, 0.3) is 0 Å². The van der Waals surface area contributed by atoms with Gasteiger partial charge in [0.2, 0.25) is 0 Å². The maximum Gasteiger partial charge on any atom is 0.277 e. The Labute approximate surface area is 101 Å². The van der Waals surface area contributed by atoms with Crippen molar-refractivity contribution in [3.05, 3.63) is 36.0 Å². The van der Waals surface area contributed by atoms with Gasteiger partial charge in [0.15, 0.2) is 5.84 Å². The summed E-state index contributed by atoms with van der Waals surface area (Å²) in [5.74, 6) is -0.446. The molecule has 0 saturated heterocycles. The van der Waals surface area contributed by atoms with Crippen LogP contribution in [0.5, 0.6) is 0 Å². The number of anilines is 1. The smallest absolute Gasteiger partial charge is 0.277 e. The molecule has 0 aliphatic carbocycles. The molecule has 2 aromatic heterocycles. The number of hydrogen-bond donors (Lipinski definition) is 4. The molecule has 0 aliphatic heterocycles. The summed E-state index contributed by atoms with van der Waals surface area (Å²) in [6.07, 6.45) is 5.48. The molecule has 2 rings (SSSR count). The van der Waals surface area contributed by atoms with Crippen molar-refractivity contribution in [2.75, 3.05) is 5.32 Å². The number of rotatable bonds is 3. The fraction of sp³-hybridized carbons (Fsp3) is 0. The molecule has 2 heterocycles. The molecule has 0 spiro atoms. The Balaban J connectivity index is 2.21. The van der Waals surface area contributed by atoms with Crippen molar-refractivity contribution in [3.63, 3.8) is 0 Å². The number of amidine groups is 1. The maximum absolute atomic E-state index is 11.8. The normalized spacial score (nSPS) is 11.2. The van der Waals surface area contributed by atoms with Gasteiger partial charge in [0.25, 0.3) is 5.91 Å². The minimum atomic E-state index is -0.487. The van der Waals surface area contributed by atoms with Crippen LogP contribution in [0.1, 0.15) is 16.1 Å². The van der Waals surface area contributed by atoms with Crippen LogP contribution in [0.2, 0.25) is 0 Å². The van der Waals surface area contributed by atoms with Crippen molar-refractivity contribution in [1.29, 1.82) is 0 Å². The average Bonchev–Trinajstić information content (AvgIpc) is 2.87. The highest BCUT2D eigenvalue weighted by atomic mass is 16.4. The monoisotopic (exact) mass is 247 g/mol. The van der Waals surface area contributed by atoms with Gasteiger partial charge in [0.1, 0.15) is 11.5 Å². The van der Waals surface area contributed by atoms with Gasteiger partial charge in [-0.25, -0.2) is 4.98 Å². The molecule has 92 valence electrons. The number of oxime groups is 1. The molecular weight excluding hydrogens is 238 g/mol. The van der Waals surface area contributed by atoms with Gasteiger partial charge in [-0.1, -0.05) is 5.16 Å². The van der Waals surface area contributed by atoms with Gasteiger partial charge < -0.3 is 16.3 Å². The van der Waals surface area contributed by atoms with E-state index in [-0.39, 0.29) is 22.9 Å². The first-order valence-electron chi connectivity index (χ1n) is 4.81. The van der Waals surface area contributed by atoms with Crippen LogP contribution >= 0.6 is 0 Å². The third kappa shape index (κ3) is 2.24. The molecule has 0 radical (unpaired) electrons. The van der Waals surface area contributed by atoms with Gasteiger partial charge in [-0.2, -0.15) is 5.10 Å². The van der Waals surface area contributed by atoms with Crippen LogP contribution in [-0.4, -0.2) is 37.1 Å². The standard InChI is InChI=1S/C9H9N7O2/c10-7(16-18)5-3-13-15-8(5)14-9(17)6-4-11-1-2-12-6/h1-4,18H,(H2,10,16)(H2,13,14,15,17). The SMILES string of the molecule is NC(=NO)c1cn[nH]c1NC(=O)c1cnccn1. The summed E-state index contributed by atoms with van der Waals surface area (Å²) >= 11 is 0. The quantitative estimate of drug-likeness (QED) is 0.250. The lowest BCUT2D eigenvalue weighted by Crippen LogP contribution is -2.19. The van der Waals surface area contributed by atoms with Gasteiger partial charge >= 0.3 is 0 Å². The Hall–Kier alpha value is -2.97. The average molecular weight is 247 g/mol. The van der Waals surface area contributed by atoms with Crippen LogP contribution in [0.15, 0.2) is 29.9 Å². The zero-order valence-electron chi connectivity index (χ0n) is 9.03. The summed E-state index contributed by atoms with van der Waals surface area (Å²) in [5.41, 5.74) is 5.82. The number of nitrogens with two attached hydrogens (primary N) is 1. The lowest BCUT2D eigenvalue weighted by Gasteiger charge is -2.03. The summed E-state index contributed by atoms with van der Waals surface area (Å²) < 4.78 is 0. The van der Waals surface area contributed by atoms with E-state index in [0.29, 0.717) is 0 Å². The second-order valence-corrected chi connectivity index (χ2v) is 3.19. The van der Waals surface area contributed by atoms with Crippen LogP contribution < -0.4 is 11.1 Å². The number of carbonyl (C=O) groups excluding carboxylic acids is 1. The van der Waals surface area contributed by atoms with Crippen molar-refractivity contribution in [1.82, 2.24) is 20.2 Å². The Morgan fingerprint density at radius 3 is 2.94 bits per heavy atom. The number of nitrogens with zero attached hydrogens (tertiary/aromatic N) is 4. The molecule has 0 fully saturated rings. The van der Waals surface area contributed by atoms with Gasteiger partial charge in [-0.05, 0) is 0 Å². The zero-order chi connectivity index (χ0) is 13.0. The van der Waals surface area contributed by atoms with E-state index in [4.69, 9.17) is 10.9 Å². The number of aromatic amines is 1. The summed E-state index contributed by atoms with van der Waals surface area (Å²) in [6, 6.07) is 0. The Morgan fingerprint density at radius 1 is 1.44 bits per heavy atom. The first-order chi connectivity index (χ1) is 8.72. The minimum absolute atomic E-state index is 0.137. The fourth-order valence-electron chi connectivity index (χ4n) is 1.22. The van der Waals surface area contributed by atoms with E-state index >= 15 is 0 Å². The van der Waals surface area contributed by atoms with Gasteiger partial charge in [-0.3, -0.25) is 14.9 Å². The van der Waals surface area contributed by atoms with Gasteiger partial charge in [-0.15, -0.1) is 0 Å². The largest absolute Gasteiger partial charge is 0.409 e. The van der Waals surface area contributed by atoms with Crippen LogP contribution in [-0.2, 0) is 0 Å².